The average Bonchev–Trinajstić information content (AvgIpc) is 2.84. The van der Waals surface area contributed by atoms with E-state index >= 15 is 0 Å². The molecular formula is C30H38O7S. The third kappa shape index (κ3) is 3.72. The Bertz CT molecular complexity index is 1160. The standard InChI is InChI=1S/C30H38O7S/c1-29(20-5-16-3-17(7-20)8-21(29)6-16)27(31)36-24-13-25(15-26(14-24)38(33,34)35)37-28(32)30(2)22-9-18-4-19(11-22)12-23(30)10-18/h13-23H,3-12H2,1-2H3,(H,33,34,35). The molecule has 8 bridgehead atoms. The Morgan fingerprint density at radius 1 is 0.658 bits per heavy atom. The lowest BCUT2D eigenvalue weighted by atomic mass is 9.46. The van der Waals surface area contributed by atoms with Gasteiger partial charge in [0.05, 0.1) is 10.8 Å². The van der Waals surface area contributed by atoms with E-state index in [4.69, 9.17) is 9.47 Å². The molecule has 0 spiro atoms. The fourth-order valence-corrected chi connectivity index (χ4v) is 10.8. The van der Waals surface area contributed by atoms with Gasteiger partial charge < -0.3 is 9.47 Å². The second kappa shape index (κ2) is 8.29. The third-order valence-electron chi connectivity index (χ3n) is 12.1. The summed E-state index contributed by atoms with van der Waals surface area (Å²) in [6, 6.07) is 3.71. The van der Waals surface area contributed by atoms with Crippen molar-refractivity contribution in [2.24, 2.45) is 58.2 Å². The van der Waals surface area contributed by atoms with Crippen molar-refractivity contribution in [2.45, 2.75) is 83.0 Å². The maximum absolute atomic E-state index is 13.6. The molecule has 8 aliphatic rings. The molecule has 0 unspecified atom stereocenters. The smallest absolute Gasteiger partial charge is 0.317 e. The summed E-state index contributed by atoms with van der Waals surface area (Å²) in [5.41, 5.74) is -1.24. The predicted molar refractivity (Wildman–Crippen MR) is 138 cm³/mol. The molecule has 206 valence electrons. The molecule has 8 aliphatic carbocycles. The van der Waals surface area contributed by atoms with Crippen LogP contribution >= 0.6 is 0 Å². The summed E-state index contributed by atoms with van der Waals surface area (Å²) < 4.78 is 45.8. The normalized spacial score (nSPS) is 44.3. The van der Waals surface area contributed by atoms with Crippen molar-refractivity contribution in [1.82, 2.24) is 0 Å². The van der Waals surface area contributed by atoms with Crippen molar-refractivity contribution < 1.29 is 32.0 Å². The highest BCUT2D eigenvalue weighted by Crippen LogP contribution is 2.63. The van der Waals surface area contributed by atoms with Gasteiger partial charge in [-0.2, -0.15) is 8.42 Å². The van der Waals surface area contributed by atoms with Crippen molar-refractivity contribution in [3.8, 4) is 11.5 Å². The molecule has 0 saturated heterocycles. The second-order valence-electron chi connectivity index (χ2n) is 14.1. The molecule has 1 N–H and O–H groups in total. The molecule has 0 heterocycles. The van der Waals surface area contributed by atoms with E-state index in [0.717, 1.165) is 63.5 Å². The molecule has 1 aromatic carbocycles. The molecular weight excluding hydrogens is 504 g/mol. The Kier molecular flexibility index (Phi) is 5.47. The van der Waals surface area contributed by atoms with Gasteiger partial charge in [-0.05, 0) is 125 Å². The maximum Gasteiger partial charge on any atom is 0.317 e. The number of hydrogen-bond donors (Lipinski definition) is 1. The van der Waals surface area contributed by atoms with Gasteiger partial charge in [0.1, 0.15) is 16.4 Å². The molecule has 0 aromatic heterocycles. The van der Waals surface area contributed by atoms with Gasteiger partial charge in [-0.25, -0.2) is 0 Å². The molecule has 0 amide bonds. The first-order valence-electron chi connectivity index (χ1n) is 14.5. The van der Waals surface area contributed by atoms with Crippen LogP contribution in [0.1, 0.15) is 78.1 Å². The number of ether oxygens (including phenoxy) is 2. The van der Waals surface area contributed by atoms with Crippen molar-refractivity contribution in [3.05, 3.63) is 18.2 Å². The highest BCUT2D eigenvalue weighted by atomic mass is 32.2. The lowest BCUT2D eigenvalue weighted by Crippen LogP contribution is -2.56. The topological polar surface area (TPSA) is 107 Å². The van der Waals surface area contributed by atoms with Crippen LogP contribution in [0.5, 0.6) is 11.5 Å². The van der Waals surface area contributed by atoms with Gasteiger partial charge in [0.2, 0.25) is 0 Å². The molecule has 8 heteroatoms. The molecule has 9 rings (SSSR count). The van der Waals surface area contributed by atoms with Gasteiger partial charge in [-0.1, -0.05) is 0 Å². The fraction of sp³-hybridized carbons (Fsp3) is 0.733. The van der Waals surface area contributed by atoms with E-state index < -0.39 is 25.8 Å². The van der Waals surface area contributed by atoms with Crippen molar-refractivity contribution in [3.63, 3.8) is 0 Å². The van der Waals surface area contributed by atoms with Crippen molar-refractivity contribution >= 4 is 22.1 Å². The first-order valence-corrected chi connectivity index (χ1v) is 15.9. The van der Waals surface area contributed by atoms with Gasteiger partial charge in [-0.15, -0.1) is 0 Å². The quantitative estimate of drug-likeness (QED) is 0.290. The van der Waals surface area contributed by atoms with Crippen LogP contribution in [0, 0.1) is 58.2 Å². The Balaban J connectivity index is 1.16. The summed E-state index contributed by atoms with van der Waals surface area (Å²) in [6.45, 7) is 4.01. The zero-order chi connectivity index (χ0) is 26.6. The predicted octanol–water partition coefficient (Wildman–Crippen LogP) is 5.67. The van der Waals surface area contributed by atoms with E-state index in [1.165, 1.54) is 18.9 Å². The lowest BCUT2D eigenvalue weighted by molar-refractivity contribution is -0.171. The Hall–Kier alpha value is -1.93. The highest BCUT2D eigenvalue weighted by molar-refractivity contribution is 7.85. The maximum atomic E-state index is 13.6. The Morgan fingerprint density at radius 2 is 0.974 bits per heavy atom. The minimum atomic E-state index is -4.62. The van der Waals surface area contributed by atoms with E-state index in [-0.39, 0.29) is 47.1 Å². The van der Waals surface area contributed by atoms with Crippen LogP contribution in [-0.4, -0.2) is 24.9 Å². The largest absolute Gasteiger partial charge is 0.426 e. The summed E-state index contributed by atoms with van der Waals surface area (Å²) in [4.78, 5) is 26.8. The minimum absolute atomic E-state index is 0.0156. The minimum Gasteiger partial charge on any atom is -0.426 e. The van der Waals surface area contributed by atoms with Gasteiger partial charge in [0.25, 0.3) is 10.1 Å². The van der Waals surface area contributed by atoms with E-state index in [0.29, 0.717) is 23.7 Å². The van der Waals surface area contributed by atoms with E-state index in [1.54, 1.807) is 0 Å². The van der Waals surface area contributed by atoms with Crippen LogP contribution in [-0.2, 0) is 19.7 Å². The summed E-state index contributed by atoms with van der Waals surface area (Å²) in [6.07, 6.45) is 10.8. The van der Waals surface area contributed by atoms with Gasteiger partial charge in [0, 0.05) is 18.2 Å². The molecule has 7 nitrogen and oxygen atoms in total. The van der Waals surface area contributed by atoms with Crippen molar-refractivity contribution in [1.29, 1.82) is 0 Å². The SMILES string of the molecule is CC1(C(=O)Oc2cc(OC(=O)C3(C)C4CC5CC(C4)CC3C5)cc(S(=O)(=O)O)c2)C2CC3CC(C2)CC1C3. The molecule has 0 aliphatic heterocycles. The summed E-state index contributed by atoms with van der Waals surface area (Å²) in [7, 11) is -4.62. The van der Waals surface area contributed by atoms with Crippen molar-refractivity contribution in [2.75, 3.05) is 0 Å². The monoisotopic (exact) mass is 542 g/mol. The Morgan fingerprint density at radius 3 is 1.26 bits per heavy atom. The van der Waals surface area contributed by atoms with E-state index in [1.807, 2.05) is 13.8 Å². The van der Waals surface area contributed by atoms with Gasteiger partial charge in [0.15, 0.2) is 0 Å². The van der Waals surface area contributed by atoms with Crippen LogP contribution in [0.2, 0.25) is 0 Å². The number of rotatable bonds is 5. The van der Waals surface area contributed by atoms with E-state index in [9.17, 15) is 22.6 Å². The highest BCUT2D eigenvalue weighted by Gasteiger charge is 2.60. The van der Waals surface area contributed by atoms with E-state index in [2.05, 4.69) is 0 Å². The summed E-state index contributed by atoms with van der Waals surface area (Å²) in [5, 5.41) is 0. The number of esters is 2. The van der Waals surface area contributed by atoms with Crippen LogP contribution in [0.4, 0.5) is 0 Å². The van der Waals surface area contributed by atoms with Crippen LogP contribution < -0.4 is 9.47 Å². The number of benzene rings is 1. The lowest BCUT2D eigenvalue weighted by Gasteiger charge is -2.58. The molecule has 38 heavy (non-hydrogen) atoms. The zero-order valence-corrected chi connectivity index (χ0v) is 23.0. The molecule has 8 saturated carbocycles. The van der Waals surface area contributed by atoms with Gasteiger partial charge in [-0.3, -0.25) is 14.1 Å². The first kappa shape index (κ1) is 25.1. The van der Waals surface area contributed by atoms with Crippen LogP contribution in [0.25, 0.3) is 0 Å². The molecule has 0 radical (unpaired) electrons. The zero-order valence-electron chi connectivity index (χ0n) is 22.2. The number of carbonyl (C=O) groups excluding carboxylic acids is 2. The average molecular weight is 543 g/mol. The third-order valence-corrected chi connectivity index (χ3v) is 13.0. The number of hydrogen-bond acceptors (Lipinski definition) is 6. The summed E-state index contributed by atoms with van der Waals surface area (Å²) in [5.74, 6) is 3.10. The molecule has 0 atom stereocenters. The summed E-state index contributed by atoms with van der Waals surface area (Å²) >= 11 is 0. The first-order chi connectivity index (χ1) is 17.9. The van der Waals surface area contributed by atoms with Gasteiger partial charge >= 0.3 is 11.9 Å². The molecule has 8 fully saturated rings. The van der Waals surface area contributed by atoms with Crippen LogP contribution in [0.15, 0.2) is 23.1 Å². The fourth-order valence-electron chi connectivity index (χ4n) is 10.2. The Labute approximate surface area is 224 Å². The second-order valence-corrected chi connectivity index (χ2v) is 15.5. The number of carbonyl (C=O) groups is 2. The van der Waals surface area contributed by atoms with Crippen LogP contribution in [0.3, 0.4) is 0 Å². The molecule has 1 aromatic rings.